The van der Waals surface area contributed by atoms with Crippen molar-refractivity contribution in [2.45, 2.75) is 30.0 Å². The fourth-order valence-corrected chi connectivity index (χ4v) is 3.30. The normalized spacial score (nSPS) is 21.2. The lowest BCUT2D eigenvalue weighted by Crippen LogP contribution is -2.06. The third kappa shape index (κ3) is 3.73. The molecule has 76 valence electrons. The Labute approximate surface area is 106 Å². The van der Waals surface area contributed by atoms with Gasteiger partial charge < -0.3 is 0 Å². The van der Waals surface area contributed by atoms with E-state index in [9.17, 15) is 0 Å². The van der Waals surface area contributed by atoms with Crippen LogP contribution in [0.25, 0.3) is 0 Å². The van der Waals surface area contributed by atoms with Gasteiger partial charge in [-0.05, 0) is 12.8 Å². The third-order valence-corrected chi connectivity index (χ3v) is 3.56. The molecule has 1 rings (SSSR count). The summed E-state index contributed by atoms with van der Waals surface area (Å²) < 4.78 is -0.533. The van der Waals surface area contributed by atoms with Crippen molar-refractivity contribution in [3.05, 3.63) is 11.1 Å². The molecular formula is C9H12Br2Cl2. The van der Waals surface area contributed by atoms with Crippen LogP contribution in [0.4, 0.5) is 0 Å². The first kappa shape index (κ1) is 12.4. The smallest absolute Gasteiger partial charge is 0.101 e. The average molecular weight is 351 g/mol. The van der Waals surface area contributed by atoms with Crippen LogP contribution in [0, 0.1) is 0 Å². The first-order valence-electron chi connectivity index (χ1n) is 4.28. The van der Waals surface area contributed by atoms with Crippen molar-refractivity contribution in [3.63, 3.8) is 0 Å². The van der Waals surface area contributed by atoms with Crippen molar-refractivity contribution >= 4 is 55.1 Å². The van der Waals surface area contributed by atoms with Crippen LogP contribution in [0.3, 0.4) is 0 Å². The highest BCUT2D eigenvalue weighted by Gasteiger charge is 2.33. The molecule has 1 aliphatic rings. The van der Waals surface area contributed by atoms with Crippen LogP contribution < -0.4 is 0 Å². The lowest BCUT2D eigenvalue weighted by Gasteiger charge is -2.10. The molecule has 0 saturated heterocycles. The average Bonchev–Trinajstić information content (AvgIpc) is 2.28. The van der Waals surface area contributed by atoms with Gasteiger partial charge in [0.2, 0.25) is 0 Å². The van der Waals surface area contributed by atoms with E-state index >= 15 is 0 Å². The molecule has 0 bridgehead atoms. The fourth-order valence-electron chi connectivity index (χ4n) is 1.70. The summed E-state index contributed by atoms with van der Waals surface area (Å²) in [6.07, 6.45) is 3.82. The van der Waals surface area contributed by atoms with E-state index in [1.165, 1.54) is 11.1 Å². The molecule has 0 unspecified atom stereocenters. The van der Waals surface area contributed by atoms with Gasteiger partial charge in [-0.3, -0.25) is 0 Å². The number of hydrogen-bond donors (Lipinski definition) is 0. The highest BCUT2D eigenvalue weighted by molar-refractivity contribution is 9.09. The van der Waals surface area contributed by atoms with Gasteiger partial charge in [-0.1, -0.05) is 43.0 Å². The predicted octanol–water partition coefficient (Wildman–Crippen LogP) is 4.82. The maximum atomic E-state index is 6.12. The minimum Gasteiger partial charge on any atom is -0.101 e. The first-order valence-corrected chi connectivity index (χ1v) is 7.28. The Kier molecular flexibility index (Phi) is 5.12. The summed E-state index contributed by atoms with van der Waals surface area (Å²) >= 11 is 19.1. The Hall–Kier alpha value is 1.28. The molecule has 0 fully saturated rings. The minimum atomic E-state index is -0.533. The first-order chi connectivity index (χ1) is 6.09. The zero-order valence-corrected chi connectivity index (χ0v) is 11.9. The number of rotatable bonds is 4. The number of hydrogen-bond acceptors (Lipinski definition) is 0. The van der Waals surface area contributed by atoms with E-state index in [-0.39, 0.29) is 0 Å². The summed E-state index contributed by atoms with van der Waals surface area (Å²) in [5.41, 5.74) is 2.89. The molecule has 1 aliphatic carbocycles. The number of halogens is 4. The van der Waals surface area contributed by atoms with Crippen LogP contribution in [0.2, 0.25) is 0 Å². The van der Waals surface area contributed by atoms with Crippen molar-refractivity contribution in [1.29, 1.82) is 0 Å². The lowest BCUT2D eigenvalue weighted by molar-refractivity contribution is 0.805. The Morgan fingerprint density at radius 2 is 1.38 bits per heavy atom. The fraction of sp³-hybridized carbons (Fsp3) is 0.778. The minimum absolute atomic E-state index is 0.533. The largest absolute Gasteiger partial charge is 0.125 e. The van der Waals surface area contributed by atoms with Crippen molar-refractivity contribution in [2.75, 3.05) is 10.7 Å². The molecule has 0 aromatic rings. The third-order valence-electron chi connectivity index (χ3n) is 2.24. The predicted molar refractivity (Wildman–Crippen MR) is 67.5 cm³/mol. The molecule has 0 N–H and O–H groups in total. The van der Waals surface area contributed by atoms with Crippen LogP contribution in [-0.4, -0.2) is 15.0 Å². The van der Waals surface area contributed by atoms with Crippen molar-refractivity contribution in [1.82, 2.24) is 0 Å². The summed E-state index contributed by atoms with van der Waals surface area (Å²) in [5.74, 6) is 0. The van der Waals surface area contributed by atoms with Gasteiger partial charge in [0.05, 0.1) is 0 Å². The Morgan fingerprint density at radius 3 is 1.69 bits per heavy atom. The van der Waals surface area contributed by atoms with Crippen LogP contribution in [0.15, 0.2) is 11.1 Å². The zero-order valence-electron chi connectivity index (χ0n) is 7.25. The molecule has 0 amide bonds. The molecule has 4 heteroatoms. The summed E-state index contributed by atoms with van der Waals surface area (Å²) in [5, 5.41) is 2.00. The Morgan fingerprint density at radius 1 is 1.00 bits per heavy atom. The van der Waals surface area contributed by atoms with Gasteiger partial charge in [-0.2, -0.15) is 0 Å². The van der Waals surface area contributed by atoms with E-state index in [4.69, 9.17) is 23.2 Å². The zero-order chi connectivity index (χ0) is 9.90. The van der Waals surface area contributed by atoms with Gasteiger partial charge in [0.15, 0.2) is 0 Å². The van der Waals surface area contributed by atoms with E-state index in [0.717, 1.165) is 36.3 Å². The molecule has 0 spiro atoms. The summed E-state index contributed by atoms with van der Waals surface area (Å²) in [7, 11) is 0. The molecule has 0 radical (unpaired) electrons. The molecule has 0 aliphatic heterocycles. The van der Waals surface area contributed by atoms with E-state index in [0.29, 0.717) is 0 Å². The molecule has 0 saturated carbocycles. The monoisotopic (exact) mass is 348 g/mol. The van der Waals surface area contributed by atoms with Gasteiger partial charge >= 0.3 is 0 Å². The van der Waals surface area contributed by atoms with Crippen molar-refractivity contribution in [3.8, 4) is 0 Å². The Balaban J connectivity index is 2.65. The number of allylic oxidation sites excluding steroid dienone is 2. The molecule has 0 aromatic heterocycles. The SMILES string of the molecule is ClC1(Cl)CC(CCBr)=C(CCBr)C1. The highest BCUT2D eigenvalue weighted by atomic mass is 79.9. The molecular weight excluding hydrogens is 339 g/mol. The van der Waals surface area contributed by atoms with E-state index in [1.807, 2.05) is 0 Å². The van der Waals surface area contributed by atoms with Crippen LogP contribution >= 0.6 is 55.1 Å². The maximum Gasteiger partial charge on any atom is 0.125 e. The molecule has 13 heavy (non-hydrogen) atoms. The second-order valence-electron chi connectivity index (χ2n) is 3.29. The quantitative estimate of drug-likeness (QED) is 0.503. The van der Waals surface area contributed by atoms with Gasteiger partial charge in [-0.25, -0.2) is 0 Å². The van der Waals surface area contributed by atoms with Crippen molar-refractivity contribution < 1.29 is 0 Å². The van der Waals surface area contributed by atoms with E-state index in [2.05, 4.69) is 31.9 Å². The van der Waals surface area contributed by atoms with Crippen LogP contribution in [0.1, 0.15) is 25.7 Å². The van der Waals surface area contributed by atoms with Gasteiger partial charge in [-0.15, -0.1) is 23.2 Å². The Bertz CT molecular complexity index is 192. The van der Waals surface area contributed by atoms with Crippen LogP contribution in [-0.2, 0) is 0 Å². The summed E-state index contributed by atoms with van der Waals surface area (Å²) in [4.78, 5) is 0. The number of alkyl halides is 4. The second kappa shape index (κ2) is 5.39. The standard InChI is InChI=1S/C9H12Br2Cl2/c10-3-1-7-5-9(12,13)6-8(7)2-4-11/h1-6H2. The molecule has 0 nitrogen and oxygen atoms in total. The topological polar surface area (TPSA) is 0 Å². The summed E-state index contributed by atoms with van der Waals surface area (Å²) in [6.45, 7) is 0. The van der Waals surface area contributed by atoms with Crippen LogP contribution in [0.5, 0.6) is 0 Å². The molecule has 0 atom stereocenters. The summed E-state index contributed by atoms with van der Waals surface area (Å²) in [6, 6.07) is 0. The molecule has 0 heterocycles. The van der Waals surface area contributed by atoms with E-state index in [1.54, 1.807) is 0 Å². The van der Waals surface area contributed by atoms with Gasteiger partial charge in [0.1, 0.15) is 4.33 Å². The maximum absolute atomic E-state index is 6.12. The van der Waals surface area contributed by atoms with E-state index < -0.39 is 4.33 Å². The molecule has 0 aromatic carbocycles. The second-order valence-corrected chi connectivity index (χ2v) is 6.52. The lowest BCUT2D eigenvalue weighted by atomic mass is 10.1. The van der Waals surface area contributed by atoms with Gasteiger partial charge in [0, 0.05) is 23.5 Å². The van der Waals surface area contributed by atoms with Crippen molar-refractivity contribution in [2.24, 2.45) is 0 Å². The highest BCUT2D eigenvalue weighted by Crippen LogP contribution is 2.45. The van der Waals surface area contributed by atoms with Gasteiger partial charge in [0.25, 0.3) is 0 Å².